The van der Waals surface area contributed by atoms with Crippen molar-refractivity contribution in [3.05, 3.63) is 29.8 Å². The topological polar surface area (TPSA) is 99.8 Å². The molecule has 162 valence electrons. The minimum Gasteiger partial charge on any atom is -0.355 e. The molecule has 1 aliphatic carbocycles. The van der Waals surface area contributed by atoms with Gasteiger partial charge in [0.1, 0.15) is 0 Å². The Morgan fingerprint density at radius 1 is 1.10 bits per heavy atom. The summed E-state index contributed by atoms with van der Waals surface area (Å²) in [5.74, 6) is 0.743. The van der Waals surface area contributed by atoms with Crippen LogP contribution < -0.4 is 15.8 Å². The van der Waals surface area contributed by atoms with Crippen molar-refractivity contribution in [2.45, 2.75) is 68.3 Å². The Hall–Kier alpha value is -1.64. The summed E-state index contributed by atoms with van der Waals surface area (Å²) >= 11 is 0. The first-order valence-corrected chi connectivity index (χ1v) is 12.3. The average molecular weight is 422 g/mol. The number of hydrogen-bond donors (Lipinski definition) is 3. The zero-order valence-electron chi connectivity index (χ0n) is 17.5. The number of nitrogens with one attached hydrogen (secondary N) is 2. The van der Waals surface area contributed by atoms with E-state index in [1.807, 2.05) is 6.07 Å². The van der Waals surface area contributed by atoms with Gasteiger partial charge in [-0.3, -0.25) is 9.89 Å². The summed E-state index contributed by atoms with van der Waals surface area (Å²) in [5, 5.41) is 12.1. The van der Waals surface area contributed by atoms with Crippen LogP contribution in [0.4, 0.5) is 0 Å². The van der Waals surface area contributed by atoms with Gasteiger partial charge in [0, 0.05) is 25.7 Å². The highest BCUT2D eigenvalue weighted by molar-refractivity contribution is 7.89. The van der Waals surface area contributed by atoms with Gasteiger partial charge in [-0.25, -0.2) is 13.6 Å². The summed E-state index contributed by atoms with van der Waals surface area (Å²) in [7, 11) is -1.93. The number of likely N-dealkylation sites (tertiary alicyclic amines) is 1. The Labute approximate surface area is 175 Å². The molecule has 7 nitrogen and oxygen atoms in total. The highest BCUT2D eigenvalue weighted by Gasteiger charge is 2.38. The second-order valence-electron chi connectivity index (χ2n) is 8.30. The summed E-state index contributed by atoms with van der Waals surface area (Å²) in [6, 6.07) is 6.70. The minimum atomic E-state index is -3.69. The molecule has 0 atom stereocenters. The number of nitrogens with two attached hydrogens (primary N) is 1. The van der Waals surface area contributed by atoms with Crippen LogP contribution >= 0.6 is 0 Å². The van der Waals surface area contributed by atoms with E-state index in [9.17, 15) is 8.42 Å². The van der Waals surface area contributed by atoms with Crippen LogP contribution in [0.25, 0.3) is 0 Å². The molecule has 0 unspecified atom stereocenters. The Bertz CT molecular complexity index is 797. The number of piperidine rings is 1. The van der Waals surface area contributed by atoms with Gasteiger partial charge in [0.15, 0.2) is 5.96 Å². The Kier molecular flexibility index (Phi) is 7.54. The zero-order valence-corrected chi connectivity index (χ0v) is 18.3. The quantitative estimate of drug-likeness (QED) is 0.483. The normalized spacial score (nSPS) is 21.0. The lowest BCUT2D eigenvalue weighted by Crippen LogP contribution is -2.59. The van der Waals surface area contributed by atoms with E-state index < -0.39 is 10.0 Å². The van der Waals surface area contributed by atoms with Crippen molar-refractivity contribution < 1.29 is 8.42 Å². The van der Waals surface area contributed by atoms with Crippen molar-refractivity contribution in [1.29, 1.82) is 0 Å². The summed E-state index contributed by atoms with van der Waals surface area (Å²) in [6.45, 7) is 3.78. The van der Waals surface area contributed by atoms with E-state index in [1.165, 1.54) is 70.5 Å². The van der Waals surface area contributed by atoms with Crippen molar-refractivity contribution in [1.82, 2.24) is 15.5 Å². The molecule has 0 amide bonds. The molecule has 3 rings (SSSR count). The van der Waals surface area contributed by atoms with Crippen molar-refractivity contribution in [2.24, 2.45) is 10.1 Å². The van der Waals surface area contributed by atoms with E-state index in [4.69, 9.17) is 5.14 Å². The third kappa shape index (κ3) is 5.93. The third-order valence-corrected chi connectivity index (χ3v) is 7.22. The summed E-state index contributed by atoms with van der Waals surface area (Å²) in [5.41, 5.74) is 1.08. The number of guanidine groups is 1. The smallest absolute Gasteiger partial charge is 0.238 e. The SMILES string of the molecule is CN=C(NCc1cccc(S(N)(=O)=O)c1)NCC1(N2CCCCC2)CCCCC1. The third-order valence-electron chi connectivity index (χ3n) is 6.31. The Morgan fingerprint density at radius 2 is 1.79 bits per heavy atom. The predicted molar refractivity (Wildman–Crippen MR) is 117 cm³/mol. The number of aliphatic imine (C=N–C) groups is 1. The predicted octanol–water partition coefficient (Wildman–Crippen LogP) is 2.19. The summed E-state index contributed by atoms with van der Waals surface area (Å²) in [4.78, 5) is 7.21. The Morgan fingerprint density at radius 3 is 2.45 bits per heavy atom. The highest BCUT2D eigenvalue weighted by Crippen LogP contribution is 2.35. The molecule has 4 N–H and O–H groups in total. The molecule has 0 spiro atoms. The molecular formula is C21H35N5O2S. The molecule has 29 heavy (non-hydrogen) atoms. The van der Waals surface area contributed by atoms with Crippen LogP contribution in [0.2, 0.25) is 0 Å². The lowest BCUT2D eigenvalue weighted by Gasteiger charge is -2.48. The summed E-state index contributed by atoms with van der Waals surface area (Å²) in [6.07, 6.45) is 10.4. The molecule has 0 radical (unpaired) electrons. The van der Waals surface area contributed by atoms with Crippen LogP contribution in [0, 0.1) is 0 Å². The maximum absolute atomic E-state index is 11.6. The maximum atomic E-state index is 11.6. The fraction of sp³-hybridized carbons (Fsp3) is 0.667. The lowest BCUT2D eigenvalue weighted by molar-refractivity contribution is 0.0368. The van der Waals surface area contributed by atoms with Gasteiger partial charge in [-0.05, 0) is 56.5 Å². The van der Waals surface area contributed by atoms with E-state index in [1.54, 1.807) is 19.2 Å². The van der Waals surface area contributed by atoms with Gasteiger partial charge in [0.05, 0.1) is 4.90 Å². The first-order valence-electron chi connectivity index (χ1n) is 10.7. The van der Waals surface area contributed by atoms with E-state index in [0.717, 1.165) is 18.1 Å². The lowest BCUT2D eigenvalue weighted by atomic mass is 9.79. The average Bonchev–Trinajstić information content (AvgIpc) is 2.75. The zero-order chi connectivity index (χ0) is 20.7. The monoisotopic (exact) mass is 421 g/mol. The van der Waals surface area contributed by atoms with Crippen LogP contribution in [0.1, 0.15) is 56.9 Å². The van der Waals surface area contributed by atoms with Gasteiger partial charge in [-0.15, -0.1) is 0 Å². The van der Waals surface area contributed by atoms with Crippen LogP contribution in [0.15, 0.2) is 34.2 Å². The molecule has 2 fully saturated rings. The maximum Gasteiger partial charge on any atom is 0.238 e. The number of sulfonamides is 1. The van der Waals surface area contributed by atoms with Gasteiger partial charge < -0.3 is 10.6 Å². The number of primary sulfonamides is 1. The molecule has 8 heteroatoms. The molecular weight excluding hydrogens is 386 g/mol. The molecule has 1 saturated carbocycles. The van der Waals surface area contributed by atoms with Crippen molar-refractivity contribution in [3.8, 4) is 0 Å². The van der Waals surface area contributed by atoms with Crippen molar-refractivity contribution in [2.75, 3.05) is 26.7 Å². The van der Waals surface area contributed by atoms with Gasteiger partial charge in [-0.2, -0.15) is 0 Å². The molecule has 1 aromatic rings. The summed E-state index contributed by atoms with van der Waals surface area (Å²) < 4.78 is 23.1. The van der Waals surface area contributed by atoms with Gasteiger partial charge in [0.2, 0.25) is 10.0 Å². The minimum absolute atomic E-state index is 0.131. The fourth-order valence-electron chi connectivity index (χ4n) is 4.67. The molecule has 2 aliphatic rings. The van der Waals surface area contributed by atoms with E-state index in [0.29, 0.717) is 6.54 Å². The fourth-order valence-corrected chi connectivity index (χ4v) is 5.25. The van der Waals surface area contributed by atoms with E-state index in [-0.39, 0.29) is 10.4 Å². The second kappa shape index (κ2) is 9.91. The van der Waals surface area contributed by atoms with Gasteiger partial charge in [-0.1, -0.05) is 37.8 Å². The standard InChI is InChI=1S/C21H35N5O2S/c1-23-20(24-16-18-9-8-10-19(15-18)29(22,27)28)25-17-21(11-4-2-5-12-21)26-13-6-3-7-14-26/h8-10,15H,2-7,11-14,16-17H2,1H3,(H2,22,27,28)(H2,23,24,25). The molecule has 1 aromatic carbocycles. The van der Waals surface area contributed by atoms with Crippen molar-refractivity contribution >= 4 is 16.0 Å². The van der Waals surface area contributed by atoms with Crippen LogP contribution in [-0.2, 0) is 16.6 Å². The van der Waals surface area contributed by atoms with Crippen LogP contribution in [0.5, 0.6) is 0 Å². The highest BCUT2D eigenvalue weighted by atomic mass is 32.2. The Balaban J connectivity index is 1.60. The first kappa shape index (κ1) is 22.1. The molecule has 1 saturated heterocycles. The number of nitrogens with zero attached hydrogens (tertiary/aromatic N) is 2. The van der Waals surface area contributed by atoms with Crippen LogP contribution in [0.3, 0.4) is 0 Å². The largest absolute Gasteiger partial charge is 0.355 e. The van der Waals surface area contributed by atoms with Crippen molar-refractivity contribution in [3.63, 3.8) is 0 Å². The van der Waals surface area contributed by atoms with Crippen LogP contribution in [-0.4, -0.2) is 51.5 Å². The number of benzene rings is 1. The number of hydrogen-bond acceptors (Lipinski definition) is 4. The van der Waals surface area contributed by atoms with Gasteiger partial charge >= 0.3 is 0 Å². The molecule has 0 aromatic heterocycles. The van der Waals surface area contributed by atoms with Gasteiger partial charge in [0.25, 0.3) is 0 Å². The van der Waals surface area contributed by atoms with E-state index >= 15 is 0 Å². The van der Waals surface area contributed by atoms with E-state index in [2.05, 4.69) is 20.5 Å². The first-order chi connectivity index (χ1) is 13.9. The molecule has 0 bridgehead atoms. The number of rotatable bonds is 6. The molecule has 1 heterocycles. The molecule has 1 aliphatic heterocycles. The second-order valence-corrected chi connectivity index (χ2v) is 9.87.